The number of benzene rings is 1. The fourth-order valence-corrected chi connectivity index (χ4v) is 4.84. The summed E-state index contributed by atoms with van der Waals surface area (Å²) < 4.78 is 0. The highest BCUT2D eigenvalue weighted by atomic mass is 16.6. The lowest BCUT2D eigenvalue weighted by Gasteiger charge is -2.42. The van der Waals surface area contributed by atoms with Crippen LogP contribution in [0.15, 0.2) is 29.4 Å². The van der Waals surface area contributed by atoms with Gasteiger partial charge in [0.1, 0.15) is 6.10 Å². The number of carbonyl (C=O) groups is 2. The number of nitrogens with one attached hydrogen (secondary N) is 1. The number of oxime groups is 1. The number of hydrogen-bond donors (Lipinski definition) is 1. The zero-order chi connectivity index (χ0) is 22.6. The lowest BCUT2D eigenvalue weighted by molar-refractivity contribution is -0.143. The first-order valence-electron chi connectivity index (χ1n) is 11.2. The van der Waals surface area contributed by atoms with Crippen molar-refractivity contribution >= 4 is 17.5 Å². The van der Waals surface area contributed by atoms with Gasteiger partial charge in [-0.3, -0.25) is 9.59 Å². The number of hydrogen-bond acceptors (Lipinski definition) is 5. The number of carbonyl (C=O) groups excluding carboxylic acids is 2. The van der Waals surface area contributed by atoms with E-state index in [-0.39, 0.29) is 24.0 Å². The van der Waals surface area contributed by atoms with Gasteiger partial charge in [-0.25, -0.2) is 0 Å². The van der Waals surface area contributed by atoms with Crippen LogP contribution in [0.5, 0.6) is 0 Å². The van der Waals surface area contributed by atoms with Crippen LogP contribution in [0, 0.1) is 12.3 Å². The predicted molar refractivity (Wildman–Crippen MR) is 122 cm³/mol. The van der Waals surface area contributed by atoms with E-state index in [1.807, 2.05) is 33.2 Å². The van der Waals surface area contributed by atoms with Crippen molar-refractivity contribution in [3.63, 3.8) is 0 Å². The van der Waals surface area contributed by atoms with Crippen molar-refractivity contribution < 1.29 is 14.4 Å². The number of rotatable bonds is 7. The topological polar surface area (TPSA) is 74.2 Å². The molecule has 0 aromatic heterocycles. The Bertz CT molecular complexity index is 838. The average molecular weight is 429 g/mol. The SMILES string of the molecule is CC(=O)N1CCCC(CC2CC(c3ccccc3C)=NO2)(C(=O)NC(C)CN(C)C)C1. The standard InChI is InChI=1S/C24H36N4O3/c1-17-9-6-7-10-21(17)22-13-20(31-26-22)14-24(11-8-12-28(16-24)19(3)29)23(30)25-18(2)15-27(4)5/h6-7,9-10,18,20H,8,11-16H2,1-5H3,(H,25,30). The Labute approximate surface area is 185 Å². The largest absolute Gasteiger partial charge is 0.392 e. The molecular formula is C24H36N4O3. The molecule has 1 saturated heterocycles. The molecule has 1 fully saturated rings. The number of likely N-dealkylation sites (N-methyl/N-ethyl adjacent to an activating group) is 1. The number of likely N-dealkylation sites (tertiary alicyclic amines) is 1. The van der Waals surface area contributed by atoms with Crippen LogP contribution in [0.3, 0.4) is 0 Å². The van der Waals surface area contributed by atoms with Crippen LogP contribution >= 0.6 is 0 Å². The Morgan fingerprint density at radius 3 is 2.77 bits per heavy atom. The van der Waals surface area contributed by atoms with E-state index >= 15 is 0 Å². The molecule has 0 aliphatic carbocycles. The minimum absolute atomic E-state index is 0.0146. The summed E-state index contributed by atoms with van der Waals surface area (Å²) in [7, 11) is 3.99. The maximum atomic E-state index is 13.5. The lowest BCUT2D eigenvalue weighted by Crippen LogP contribution is -2.56. The molecule has 7 heteroatoms. The van der Waals surface area contributed by atoms with Crippen LogP contribution in [0.25, 0.3) is 0 Å². The lowest BCUT2D eigenvalue weighted by atomic mass is 9.73. The van der Waals surface area contributed by atoms with Gasteiger partial charge in [0, 0.05) is 51.0 Å². The van der Waals surface area contributed by atoms with Gasteiger partial charge in [-0.2, -0.15) is 0 Å². The Hall–Kier alpha value is -2.41. The van der Waals surface area contributed by atoms with Gasteiger partial charge in [0.25, 0.3) is 0 Å². The molecule has 0 radical (unpaired) electrons. The molecule has 1 aromatic rings. The fourth-order valence-electron chi connectivity index (χ4n) is 4.84. The molecule has 3 unspecified atom stereocenters. The summed E-state index contributed by atoms with van der Waals surface area (Å²) in [5, 5.41) is 7.55. The zero-order valence-electron chi connectivity index (χ0n) is 19.5. The van der Waals surface area contributed by atoms with Crippen molar-refractivity contribution in [2.75, 3.05) is 33.7 Å². The van der Waals surface area contributed by atoms with Gasteiger partial charge in [-0.15, -0.1) is 0 Å². The molecule has 2 amide bonds. The van der Waals surface area contributed by atoms with Crippen LogP contribution < -0.4 is 5.32 Å². The van der Waals surface area contributed by atoms with E-state index in [0.717, 1.165) is 36.2 Å². The maximum Gasteiger partial charge on any atom is 0.228 e. The van der Waals surface area contributed by atoms with E-state index in [2.05, 4.69) is 34.4 Å². The van der Waals surface area contributed by atoms with E-state index in [4.69, 9.17) is 4.84 Å². The molecule has 170 valence electrons. The van der Waals surface area contributed by atoms with Gasteiger partial charge in [0.15, 0.2) is 0 Å². The third-order valence-electron chi connectivity index (χ3n) is 6.33. The monoisotopic (exact) mass is 428 g/mol. The molecule has 3 rings (SSSR count). The summed E-state index contributed by atoms with van der Waals surface area (Å²) in [6, 6.07) is 8.17. The van der Waals surface area contributed by atoms with E-state index < -0.39 is 5.41 Å². The van der Waals surface area contributed by atoms with Crippen molar-refractivity contribution in [3.05, 3.63) is 35.4 Å². The third-order valence-corrected chi connectivity index (χ3v) is 6.33. The van der Waals surface area contributed by atoms with Crippen LogP contribution in [0.4, 0.5) is 0 Å². The first-order chi connectivity index (χ1) is 14.7. The first kappa shape index (κ1) is 23.3. The van der Waals surface area contributed by atoms with Crippen molar-refractivity contribution in [2.45, 2.75) is 58.6 Å². The van der Waals surface area contributed by atoms with Gasteiger partial charge >= 0.3 is 0 Å². The second-order valence-electron chi connectivity index (χ2n) is 9.45. The Morgan fingerprint density at radius 2 is 2.10 bits per heavy atom. The molecule has 2 aliphatic rings. The van der Waals surface area contributed by atoms with Gasteiger partial charge in [-0.1, -0.05) is 29.4 Å². The van der Waals surface area contributed by atoms with Gasteiger partial charge in [0.2, 0.25) is 11.8 Å². The maximum absolute atomic E-state index is 13.5. The third kappa shape index (κ3) is 5.64. The molecule has 3 atom stereocenters. The quantitative estimate of drug-likeness (QED) is 0.724. The van der Waals surface area contributed by atoms with Gasteiger partial charge in [-0.05, 0) is 46.3 Å². The smallest absolute Gasteiger partial charge is 0.228 e. The van der Waals surface area contributed by atoms with Crippen LogP contribution in [-0.2, 0) is 14.4 Å². The molecule has 31 heavy (non-hydrogen) atoms. The number of aryl methyl sites for hydroxylation is 1. The predicted octanol–water partition coefficient (Wildman–Crippen LogP) is 2.57. The summed E-state index contributed by atoms with van der Waals surface area (Å²) in [4.78, 5) is 35.3. The highest BCUT2D eigenvalue weighted by molar-refractivity contribution is 6.02. The molecule has 7 nitrogen and oxygen atoms in total. The number of piperidine rings is 1. The normalized spacial score (nSPS) is 24.5. The van der Waals surface area contributed by atoms with E-state index in [9.17, 15) is 9.59 Å². The highest BCUT2D eigenvalue weighted by Crippen LogP contribution is 2.38. The molecular weight excluding hydrogens is 392 g/mol. The Balaban J connectivity index is 1.75. The number of nitrogens with zero attached hydrogens (tertiary/aromatic N) is 3. The molecule has 1 N–H and O–H groups in total. The fraction of sp³-hybridized carbons (Fsp3) is 0.625. The average Bonchev–Trinajstić information content (AvgIpc) is 3.15. The summed E-state index contributed by atoms with van der Waals surface area (Å²) in [6.07, 6.45) is 2.62. The van der Waals surface area contributed by atoms with Crippen molar-refractivity contribution in [1.82, 2.24) is 15.1 Å². The second kappa shape index (κ2) is 9.81. The Kier molecular flexibility index (Phi) is 7.36. The van der Waals surface area contributed by atoms with Crippen LogP contribution in [-0.4, -0.2) is 73.2 Å². The summed E-state index contributed by atoms with van der Waals surface area (Å²) >= 11 is 0. The minimum Gasteiger partial charge on any atom is -0.392 e. The van der Waals surface area contributed by atoms with Crippen LogP contribution in [0.1, 0.15) is 50.7 Å². The van der Waals surface area contributed by atoms with Crippen molar-refractivity contribution in [1.29, 1.82) is 0 Å². The van der Waals surface area contributed by atoms with Crippen molar-refractivity contribution in [2.24, 2.45) is 10.6 Å². The Morgan fingerprint density at radius 1 is 1.35 bits per heavy atom. The van der Waals surface area contributed by atoms with E-state index in [1.165, 1.54) is 0 Å². The zero-order valence-corrected chi connectivity index (χ0v) is 19.5. The van der Waals surface area contributed by atoms with E-state index in [1.54, 1.807) is 11.8 Å². The second-order valence-corrected chi connectivity index (χ2v) is 9.45. The highest BCUT2D eigenvalue weighted by Gasteiger charge is 2.46. The van der Waals surface area contributed by atoms with Gasteiger partial charge in [0.05, 0.1) is 11.1 Å². The van der Waals surface area contributed by atoms with Crippen LogP contribution in [0.2, 0.25) is 0 Å². The molecule has 0 spiro atoms. The first-order valence-corrected chi connectivity index (χ1v) is 11.2. The summed E-state index contributed by atoms with van der Waals surface area (Å²) in [6.45, 7) is 7.56. The molecule has 0 saturated carbocycles. The van der Waals surface area contributed by atoms with E-state index in [0.29, 0.717) is 25.9 Å². The number of amides is 2. The molecule has 2 aliphatic heterocycles. The summed E-state index contributed by atoms with van der Waals surface area (Å²) in [5.41, 5.74) is 2.53. The molecule has 2 heterocycles. The van der Waals surface area contributed by atoms with Crippen molar-refractivity contribution in [3.8, 4) is 0 Å². The molecule has 1 aromatic carbocycles. The molecule has 0 bridgehead atoms. The minimum atomic E-state index is -0.661. The summed E-state index contributed by atoms with van der Waals surface area (Å²) in [5.74, 6) is 0.0307. The van der Waals surface area contributed by atoms with Gasteiger partial charge < -0.3 is 20.0 Å².